The number of hydrogen-bond donors (Lipinski definition) is 0. The first kappa shape index (κ1) is 14.1. The second kappa shape index (κ2) is 10.2. The molecule has 0 N–H and O–H groups in total. The fourth-order valence-electron chi connectivity index (χ4n) is 2.11. The molecule has 0 bridgehead atoms. The van der Waals surface area contributed by atoms with Gasteiger partial charge < -0.3 is 0 Å². The van der Waals surface area contributed by atoms with Crippen LogP contribution in [0.3, 0.4) is 0 Å². The van der Waals surface area contributed by atoms with Crippen LogP contribution in [0, 0.1) is 0 Å². The molecule has 0 amide bonds. The maximum atomic E-state index is 2.29. The topological polar surface area (TPSA) is 0 Å². The van der Waals surface area contributed by atoms with Crippen molar-refractivity contribution in [2.45, 2.75) is 54.3 Å². The average molecular weight is 325 g/mol. The molecule has 0 unspecified atom stereocenters. The minimum atomic E-state index is -0.433. The van der Waals surface area contributed by atoms with E-state index in [0.29, 0.717) is 0 Å². The molecular formula is C15H26Sn. The van der Waals surface area contributed by atoms with E-state index in [1.807, 2.05) is 0 Å². The van der Waals surface area contributed by atoms with Crippen molar-refractivity contribution in [2.24, 2.45) is 0 Å². The molecule has 90 valence electrons. The van der Waals surface area contributed by atoms with Crippen molar-refractivity contribution >= 4 is 21.1 Å². The Balaban J connectivity index is 1.89. The van der Waals surface area contributed by atoms with Crippen LogP contribution in [0.25, 0.3) is 0 Å². The van der Waals surface area contributed by atoms with Crippen LogP contribution in [0.5, 0.6) is 0 Å². The Labute approximate surface area is 111 Å². The molecule has 1 rings (SSSR count). The molecular weight excluding hydrogens is 299 g/mol. The zero-order valence-corrected chi connectivity index (χ0v) is 14.8. The third kappa shape index (κ3) is 7.32. The predicted octanol–water partition coefficient (Wildman–Crippen LogP) is 4.13. The molecule has 1 aromatic rings. The van der Waals surface area contributed by atoms with Gasteiger partial charge in [-0.3, -0.25) is 0 Å². The second-order valence-electron chi connectivity index (χ2n) is 4.71. The van der Waals surface area contributed by atoms with E-state index in [1.54, 1.807) is 10.0 Å². The summed E-state index contributed by atoms with van der Waals surface area (Å²) in [7, 11) is 0. The molecule has 0 radical (unpaired) electrons. The Morgan fingerprint density at radius 2 is 1.56 bits per heavy atom. The van der Waals surface area contributed by atoms with Crippen molar-refractivity contribution in [1.29, 1.82) is 0 Å². The van der Waals surface area contributed by atoms with E-state index in [4.69, 9.17) is 0 Å². The van der Waals surface area contributed by atoms with Crippen LogP contribution < -0.4 is 0 Å². The maximum absolute atomic E-state index is 2.29. The van der Waals surface area contributed by atoms with E-state index >= 15 is 0 Å². The van der Waals surface area contributed by atoms with E-state index in [2.05, 4.69) is 37.3 Å². The van der Waals surface area contributed by atoms with Crippen LogP contribution in [0.1, 0.15) is 51.0 Å². The fraction of sp³-hybridized carbons (Fsp3) is 0.600. The summed E-state index contributed by atoms with van der Waals surface area (Å²) in [5.74, 6) is 0. The van der Waals surface area contributed by atoms with Gasteiger partial charge in [0, 0.05) is 0 Å². The average Bonchev–Trinajstić information content (AvgIpc) is 2.34. The fourth-order valence-corrected chi connectivity index (χ4v) is 6.96. The number of rotatable bonds is 9. The summed E-state index contributed by atoms with van der Waals surface area (Å²) in [6.45, 7) is 2.29. The molecule has 0 saturated carbocycles. The first-order valence-electron chi connectivity index (χ1n) is 6.97. The molecule has 0 heterocycles. The van der Waals surface area contributed by atoms with Gasteiger partial charge in [-0.2, -0.15) is 0 Å². The molecule has 1 aromatic carbocycles. The Kier molecular flexibility index (Phi) is 8.97. The van der Waals surface area contributed by atoms with E-state index in [9.17, 15) is 0 Å². The molecule has 0 aliphatic rings. The van der Waals surface area contributed by atoms with E-state index in [-0.39, 0.29) is 0 Å². The Morgan fingerprint density at radius 1 is 0.875 bits per heavy atom. The Morgan fingerprint density at radius 3 is 2.31 bits per heavy atom. The summed E-state index contributed by atoms with van der Waals surface area (Å²) < 4.78 is 3.08. The monoisotopic (exact) mass is 326 g/mol. The third-order valence-corrected chi connectivity index (χ3v) is 8.67. The van der Waals surface area contributed by atoms with Crippen molar-refractivity contribution in [3.05, 3.63) is 35.9 Å². The van der Waals surface area contributed by atoms with Gasteiger partial charge in [0.15, 0.2) is 0 Å². The van der Waals surface area contributed by atoms with Gasteiger partial charge in [0.1, 0.15) is 0 Å². The van der Waals surface area contributed by atoms with Crippen LogP contribution in [0.4, 0.5) is 0 Å². The second-order valence-corrected chi connectivity index (χ2v) is 10.2. The SMILES string of the molecule is CCCCCCC[CH2][SnH2][CH2]c1ccccc1. The van der Waals surface area contributed by atoms with Crippen molar-refractivity contribution in [1.82, 2.24) is 0 Å². The standard InChI is InChI=1S/C8H17.C7H7.Sn.2H/c1-3-5-7-8-6-4-2;1-7-5-3-2-4-6-7;;;/h1,3-8H2,2H3;2-6H,1H2;;;. The van der Waals surface area contributed by atoms with E-state index in [0.717, 1.165) is 0 Å². The first-order chi connectivity index (χ1) is 7.93. The van der Waals surface area contributed by atoms with E-state index < -0.39 is 21.1 Å². The molecule has 0 aliphatic carbocycles. The molecule has 0 atom stereocenters. The molecule has 1 heteroatoms. The number of unbranched alkanes of at least 4 members (excludes halogenated alkanes) is 5. The Hall–Kier alpha value is 0.0187. The number of benzene rings is 1. The molecule has 16 heavy (non-hydrogen) atoms. The molecule has 0 aromatic heterocycles. The molecule has 0 fully saturated rings. The van der Waals surface area contributed by atoms with Gasteiger partial charge in [-0.15, -0.1) is 0 Å². The van der Waals surface area contributed by atoms with Crippen LogP contribution >= 0.6 is 0 Å². The van der Waals surface area contributed by atoms with Crippen LogP contribution in [-0.2, 0) is 4.44 Å². The normalized spacial score (nSPS) is 11.3. The van der Waals surface area contributed by atoms with Crippen LogP contribution in [0.2, 0.25) is 4.44 Å². The van der Waals surface area contributed by atoms with Crippen molar-refractivity contribution in [3.63, 3.8) is 0 Å². The van der Waals surface area contributed by atoms with Gasteiger partial charge in [-0.05, 0) is 0 Å². The molecule has 0 saturated heterocycles. The van der Waals surface area contributed by atoms with E-state index in [1.165, 1.54) is 43.0 Å². The quantitative estimate of drug-likeness (QED) is 0.473. The van der Waals surface area contributed by atoms with Crippen molar-refractivity contribution < 1.29 is 0 Å². The van der Waals surface area contributed by atoms with Gasteiger partial charge >= 0.3 is 111 Å². The summed E-state index contributed by atoms with van der Waals surface area (Å²) in [5, 5.41) is 0. The third-order valence-electron chi connectivity index (χ3n) is 3.16. The predicted molar refractivity (Wildman–Crippen MR) is 76.9 cm³/mol. The first-order valence-corrected chi connectivity index (χ1v) is 12.7. The zero-order chi connectivity index (χ0) is 11.5. The van der Waals surface area contributed by atoms with Gasteiger partial charge in [0.05, 0.1) is 0 Å². The van der Waals surface area contributed by atoms with Crippen LogP contribution in [0.15, 0.2) is 30.3 Å². The summed E-state index contributed by atoms with van der Waals surface area (Å²) in [4.78, 5) is 0. The summed E-state index contributed by atoms with van der Waals surface area (Å²) in [6, 6.07) is 11.0. The van der Waals surface area contributed by atoms with Gasteiger partial charge in [-0.1, -0.05) is 0 Å². The van der Waals surface area contributed by atoms with Crippen LogP contribution in [-0.4, -0.2) is 21.1 Å². The Bertz CT molecular complexity index is 243. The molecule has 0 spiro atoms. The van der Waals surface area contributed by atoms with Gasteiger partial charge in [-0.25, -0.2) is 0 Å². The number of hydrogen-bond acceptors (Lipinski definition) is 0. The summed E-state index contributed by atoms with van der Waals surface area (Å²) in [5.41, 5.74) is 1.59. The molecule has 0 nitrogen and oxygen atoms in total. The summed E-state index contributed by atoms with van der Waals surface area (Å²) >= 11 is -0.433. The minimum absolute atomic E-state index is 0.433. The van der Waals surface area contributed by atoms with Gasteiger partial charge in [0.25, 0.3) is 0 Å². The molecule has 0 aliphatic heterocycles. The van der Waals surface area contributed by atoms with Crippen molar-refractivity contribution in [3.8, 4) is 0 Å². The van der Waals surface area contributed by atoms with Crippen molar-refractivity contribution in [2.75, 3.05) is 0 Å². The zero-order valence-electron chi connectivity index (χ0n) is 10.8. The summed E-state index contributed by atoms with van der Waals surface area (Å²) in [6.07, 6.45) is 8.76. The van der Waals surface area contributed by atoms with Gasteiger partial charge in [0.2, 0.25) is 0 Å².